The van der Waals surface area contributed by atoms with Gasteiger partial charge in [-0.3, -0.25) is 72.1 Å². The van der Waals surface area contributed by atoms with Gasteiger partial charge in [0, 0.05) is 68.6 Å². The third kappa shape index (κ3) is 32.1. The maximum absolute atomic E-state index is 14.3. The minimum atomic E-state index is -2.15. The number of nitrogens with one attached hydrogen (secondary N) is 12. The Kier molecular flexibility index (Phi) is 38.0. The number of aliphatic carboxylic acids is 5. The lowest BCUT2D eigenvalue weighted by atomic mass is 10.0. The van der Waals surface area contributed by atoms with Crippen LogP contribution >= 0.6 is 12.6 Å². The summed E-state index contributed by atoms with van der Waals surface area (Å²) in [6.45, 7) is 0.798. The standard InChI is InChI=1S/C63H88N16O28S/c1-27(52(95)76-39(20-47(91)92)59(102)77-40(26-108)62(106)107)21-68-54(97)33(12-16-43(85)66-24-41(83)49(93)50(94)42(84)25-80)71-57(100)36(14-18-45(87)88)74-56(99)35(11-5-29(3)82)72-58(101)37(15-19-46(89)90)73-55(98)34(10-4-28(2)81)70-44(86)17-13-38(61(104)105)75-53(96)30-6-8-31(9-7-30)65-22-32-23-67-51-48(69-32)60(103)79-63(64)78-51/h6-9,23,27,33-42,49-50,65,80,83-84,93-94,108H,4-5,10-22,24-26H2,1-3H3,(H,66,85)(H,68,97)(H,70,86)(H,71,100)(H,72,101)(H,73,98)(H,74,99)(H,75,96)(H,76,95)(H,77,102)(H,87,88)(H,89,90)(H,91,92)(H,104,105)(H,106,107)(H3,64,67,78,79,103)/t27-,33-,34-,35-,36-,37-,38-,39-,40-,41-,42+,49+,50+/m0/s1. The van der Waals surface area contributed by atoms with E-state index in [0.717, 1.165) is 20.8 Å². The number of carboxylic acid groups (broad SMARTS) is 5. The number of nitrogens with two attached hydrogens (primary N) is 1. The molecule has 0 aliphatic heterocycles. The van der Waals surface area contributed by atoms with Gasteiger partial charge in [0.25, 0.3) is 11.5 Å². The van der Waals surface area contributed by atoms with Gasteiger partial charge in [0.2, 0.25) is 59.1 Å². The molecule has 108 heavy (non-hydrogen) atoms. The molecule has 0 unspecified atom stereocenters. The van der Waals surface area contributed by atoms with Crippen molar-refractivity contribution in [2.75, 3.05) is 36.5 Å². The highest BCUT2D eigenvalue weighted by molar-refractivity contribution is 7.80. The zero-order chi connectivity index (χ0) is 81.2. The second-order valence-electron chi connectivity index (χ2n) is 24.6. The first-order chi connectivity index (χ1) is 50.7. The molecule has 3 rings (SSSR count). The van der Waals surface area contributed by atoms with Crippen LogP contribution in [0.15, 0.2) is 35.3 Å². The van der Waals surface area contributed by atoms with E-state index >= 15 is 0 Å². The van der Waals surface area contributed by atoms with Crippen LogP contribution in [0.3, 0.4) is 0 Å². The number of Topliss-reactive ketones (excluding diaryl/α,β-unsaturated/α-hetero) is 2. The van der Waals surface area contributed by atoms with Gasteiger partial charge in [-0.05, 0) is 76.6 Å². The molecule has 0 fully saturated rings. The molecule has 13 atom stereocenters. The van der Waals surface area contributed by atoms with Crippen LogP contribution in [0.25, 0.3) is 11.2 Å². The lowest BCUT2D eigenvalue weighted by Gasteiger charge is -2.27. The zero-order valence-corrected chi connectivity index (χ0v) is 59.2. The van der Waals surface area contributed by atoms with Crippen molar-refractivity contribution in [3.63, 3.8) is 0 Å². The Hall–Kier alpha value is -11.4. The summed E-state index contributed by atoms with van der Waals surface area (Å²) in [4.78, 5) is 248. The number of thiol groups is 1. The molecule has 10 amide bonds. The summed E-state index contributed by atoms with van der Waals surface area (Å²) >= 11 is 3.82. The molecule has 594 valence electrons. The highest BCUT2D eigenvalue weighted by atomic mass is 32.1. The predicted octanol–water partition coefficient (Wildman–Crippen LogP) is -7.69. The van der Waals surface area contributed by atoms with Gasteiger partial charge in [0.1, 0.15) is 78.2 Å². The number of aromatic nitrogens is 4. The Morgan fingerprint density at radius 2 is 0.944 bits per heavy atom. The monoisotopic (exact) mass is 1550 g/mol. The fourth-order valence-electron chi connectivity index (χ4n) is 9.58. The molecule has 24 N–H and O–H groups in total. The SMILES string of the molecule is CC(=O)CC[C@H](NC(=O)CC[C@H](NC(=O)c1ccc(NCc2cnc3nc(N)[nH]c(=O)c3n2)cc1)C(=O)O)C(=O)N[C@@H](CCC(=O)O)C(=O)N[C@@H](CCC(C)=O)C(=O)N[C@@H](CCC(=O)O)C(=O)N[C@@H](CCC(=O)NC[C@H](O)[C@@H](O)[C@H](O)[C@H](O)CO)C(=O)NC[C@H](C)C(=O)N[C@@H](CC(=O)O)C(=O)N[C@@H](CS)C(=O)O. The molecule has 2 heterocycles. The molecule has 1 aromatic carbocycles. The van der Waals surface area contributed by atoms with Crippen molar-refractivity contribution in [2.24, 2.45) is 5.92 Å². The average Bonchev–Trinajstić information content (AvgIpc) is 0.812. The van der Waals surface area contributed by atoms with E-state index in [-0.39, 0.29) is 29.2 Å². The topological polar surface area (TPSA) is 722 Å². The van der Waals surface area contributed by atoms with Gasteiger partial charge in [-0.15, -0.1) is 0 Å². The van der Waals surface area contributed by atoms with Crippen molar-refractivity contribution in [1.29, 1.82) is 0 Å². The van der Waals surface area contributed by atoms with E-state index in [9.17, 15) is 132 Å². The van der Waals surface area contributed by atoms with Gasteiger partial charge >= 0.3 is 29.8 Å². The van der Waals surface area contributed by atoms with Crippen molar-refractivity contribution in [1.82, 2.24) is 73.1 Å². The van der Waals surface area contributed by atoms with Crippen molar-refractivity contribution >= 4 is 136 Å². The Balaban J connectivity index is 1.87. The number of nitrogen functional groups attached to an aromatic ring is 1. The number of ketones is 2. The van der Waals surface area contributed by atoms with Crippen LogP contribution in [-0.4, -0.2) is 270 Å². The Morgan fingerprint density at radius 3 is 1.43 bits per heavy atom. The maximum atomic E-state index is 14.3. The average molecular weight is 1550 g/mol. The molecule has 0 radical (unpaired) electrons. The van der Waals surface area contributed by atoms with Crippen LogP contribution in [0.5, 0.6) is 0 Å². The highest BCUT2D eigenvalue weighted by Gasteiger charge is 2.36. The number of benzene rings is 1. The lowest BCUT2D eigenvalue weighted by Crippen LogP contribution is -2.59. The molecule has 0 saturated heterocycles. The van der Waals surface area contributed by atoms with Crippen LogP contribution in [0, 0.1) is 5.92 Å². The molecule has 0 saturated carbocycles. The van der Waals surface area contributed by atoms with Gasteiger partial charge in [0.05, 0.1) is 43.5 Å². The number of H-pyrrole nitrogens is 1. The number of anilines is 2. The van der Waals surface area contributed by atoms with E-state index in [1.165, 1.54) is 30.5 Å². The second-order valence-corrected chi connectivity index (χ2v) is 24.9. The Bertz CT molecular complexity index is 3810. The normalized spacial score (nSPS) is 14.7. The van der Waals surface area contributed by atoms with Crippen molar-refractivity contribution in [2.45, 2.75) is 184 Å². The third-order valence-electron chi connectivity index (χ3n) is 15.8. The third-order valence-corrected chi connectivity index (χ3v) is 16.1. The van der Waals surface area contributed by atoms with E-state index in [1.807, 2.05) is 5.32 Å². The highest BCUT2D eigenvalue weighted by Crippen LogP contribution is 2.15. The summed E-state index contributed by atoms with van der Waals surface area (Å²) < 4.78 is 0. The van der Waals surface area contributed by atoms with Crippen molar-refractivity contribution in [3.8, 4) is 0 Å². The van der Waals surface area contributed by atoms with Gasteiger partial charge in [-0.2, -0.15) is 17.6 Å². The smallest absolute Gasteiger partial charge is 0.327 e. The number of fused-ring (bicyclic) bond motifs is 1. The van der Waals surface area contributed by atoms with Crippen LogP contribution in [-0.2, 0) is 83.3 Å². The second kappa shape index (κ2) is 45.2. The number of amides is 10. The Labute approximate surface area is 617 Å². The number of carbonyl (C=O) groups excluding carboxylic acids is 12. The summed E-state index contributed by atoms with van der Waals surface area (Å²) in [5.74, 6) is -22.9. The molecular formula is C63H88N16O28S. The first-order valence-electron chi connectivity index (χ1n) is 33.1. The summed E-state index contributed by atoms with van der Waals surface area (Å²) in [5, 5.41) is 123. The summed E-state index contributed by atoms with van der Waals surface area (Å²) in [6, 6.07) is -9.21. The quantitative estimate of drug-likeness (QED) is 0.0234. The largest absolute Gasteiger partial charge is 0.481 e. The van der Waals surface area contributed by atoms with E-state index in [1.54, 1.807) is 0 Å². The molecule has 0 spiro atoms. The summed E-state index contributed by atoms with van der Waals surface area (Å²) in [6.07, 6.45) is -16.1. The van der Waals surface area contributed by atoms with E-state index in [4.69, 9.17) is 10.8 Å². The number of carbonyl (C=O) groups is 17. The molecule has 2 aromatic heterocycles. The molecular weight excluding hydrogens is 1460 g/mol. The summed E-state index contributed by atoms with van der Waals surface area (Å²) in [5.41, 5.74) is 5.65. The number of aromatic amines is 1. The zero-order valence-electron chi connectivity index (χ0n) is 58.3. The number of hydrogen-bond acceptors (Lipinski definition) is 29. The first-order valence-corrected chi connectivity index (χ1v) is 33.7. The minimum absolute atomic E-state index is 0.0180. The minimum Gasteiger partial charge on any atom is -0.481 e. The number of nitrogens with zero attached hydrogens (tertiary/aromatic N) is 3. The van der Waals surface area contributed by atoms with Gasteiger partial charge in [0.15, 0.2) is 11.2 Å². The van der Waals surface area contributed by atoms with Gasteiger partial charge in [-0.25, -0.2) is 19.6 Å². The maximum Gasteiger partial charge on any atom is 0.327 e. The lowest BCUT2D eigenvalue weighted by molar-refractivity contribution is -0.143. The molecule has 3 aromatic rings. The molecule has 45 heteroatoms. The molecule has 0 aliphatic carbocycles. The van der Waals surface area contributed by atoms with Crippen LogP contribution in [0.2, 0.25) is 0 Å². The number of aliphatic hydroxyl groups is 5. The van der Waals surface area contributed by atoms with Crippen LogP contribution in [0.4, 0.5) is 11.6 Å². The fraction of sp³-hybridized carbons (Fsp3) is 0.540. The van der Waals surface area contributed by atoms with E-state index in [0.29, 0.717) is 11.4 Å². The first kappa shape index (κ1) is 90.8. The molecule has 44 nitrogen and oxygen atoms in total. The van der Waals surface area contributed by atoms with Gasteiger partial charge in [-0.1, -0.05) is 6.92 Å². The molecule has 0 bridgehead atoms. The Morgan fingerprint density at radius 1 is 0.500 bits per heavy atom. The van der Waals surface area contributed by atoms with Crippen LogP contribution in [0.1, 0.15) is 120 Å². The predicted molar refractivity (Wildman–Crippen MR) is 371 cm³/mol. The van der Waals surface area contributed by atoms with Crippen molar-refractivity contribution in [3.05, 3.63) is 52.1 Å². The van der Waals surface area contributed by atoms with Crippen molar-refractivity contribution < 1.29 is 133 Å². The molecule has 0 aliphatic rings. The number of carboxylic acids is 5. The number of aliphatic hydroxyl groups excluding tert-OH is 5. The number of hydrogen-bond donors (Lipinski definition) is 24. The van der Waals surface area contributed by atoms with E-state index in [2.05, 4.69) is 85.7 Å². The van der Waals surface area contributed by atoms with Gasteiger partial charge < -0.3 is 125 Å². The number of rotatable bonds is 50. The van der Waals surface area contributed by atoms with E-state index < -0.39 is 294 Å². The fourth-order valence-corrected chi connectivity index (χ4v) is 9.83. The van der Waals surface area contributed by atoms with Crippen LogP contribution < -0.4 is 69.8 Å². The summed E-state index contributed by atoms with van der Waals surface area (Å²) in [7, 11) is 0.